The van der Waals surface area contributed by atoms with Gasteiger partial charge >= 0.3 is 11.9 Å². The van der Waals surface area contributed by atoms with Gasteiger partial charge in [0.2, 0.25) is 0 Å². The highest BCUT2D eigenvalue weighted by Crippen LogP contribution is 2.14. The minimum atomic E-state index is -1.32. The Labute approximate surface area is 119 Å². The Morgan fingerprint density at radius 2 is 2.10 bits per heavy atom. The Kier molecular flexibility index (Phi) is 5.65. The van der Waals surface area contributed by atoms with Gasteiger partial charge in [-0.2, -0.15) is 0 Å². The molecule has 0 saturated carbocycles. The highest BCUT2D eigenvalue weighted by Gasteiger charge is 2.23. The van der Waals surface area contributed by atoms with E-state index in [1.165, 1.54) is 13.2 Å². The fourth-order valence-corrected chi connectivity index (χ4v) is 1.58. The molecule has 0 saturated heterocycles. The maximum absolute atomic E-state index is 13.1. The molecule has 0 unspecified atom stereocenters. The van der Waals surface area contributed by atoms with E-state index in [2.05, 4.69) is 10.1 Å². The largest absolute Gasteiger partial charge is 0.480 e. The van der Waals surface area contributed by atoms with Crippen LogP contribution < -0.4 is 11.1 Å². The fourth-order valence-electron chi connectivity index (χ4n) is 1.58. The molecular formula is C13H15FN2O5. The van der Waals surface area contributed by atoms with Crippen molar-refractivity contribution in [2.24, 2.45) is 0 Å². The van der Waals surface area contributed by atoms with Crippen molar-refractivity contribution < 1.29 is 28.6 Å². The number of benzene rings is 1. The topological polar surface area (TPSA) is 119 Å². The van der Waals surface area contributed by atoms with E-state index < -0.39 is 29.7 Å². The maximum atomic E-state index is 13.1. The second-order valence-corrected chi connectivity index (χ2v) is 4.21. The van der Waals surface area contributed by atoms with Crippen molar-refractivity contribution in [3.63, 3.8) is 0 Å². The quantitative estimate of drug-likeness (QED) is 0.521. The molecule has 1 aromatic carbocycles. The van der Waals surface area contributed by atoms with E-state index >= 15 is 0 Å². The summed E-state index contributed by atoms with van der Waals surface area (Å²) in [6.45, 7) is 0. The molecule has 0 aliphatic rings. The van der Waals surface area contributed by atoms with Crippen molar-refractivity contribution in [2.75, 3.05) is 12.8 Å². The third kappa shape index (κ3) is 4.75. The summed E-state index contributed by atoms with van der Waals surface area (Å²) in [5.74, 6) is -3.41. The number of nitrogen functional groups attached to an aromatic ring is 1. The van der Waals surface area contributed by atoms with Gasteiger partial charge < -0.3 is 20.9 Å². The number of anilines is 1. The number of carbonyl (C=O) groups excluding carboxylic acids is 2. The molecule has 0 bridgehead atoms. The zero-order valence-corrected chi connectivity index (χ0v) is 11.3. The minimum absolute atomic E-state index is 0.0195. The summed E-state index contributed by atoms with van der Waals surface area (Å²) in [5.41, 5.74) is 5.39. The molecule has 1 atom stereocenters. The third-order valence-electron chi connectivity index (χ3n) is 2.73. The average Bonchev–Trinajstić information content (AvgIpc) is 2.44. The Morgan fingerprint density at radius 3 is 2.67 bits per heavy atom. The van der Waals surface area contributed by atoms with E-state index in [0.29, 0.717) is 0 Å². The number of carboxylic acids is 1. The van der Waals surface area contributed by atoms with E-state index in [1.54, 1.807) is 0 Å². The van der Waals surface area contributed by atoms with Crippen molar-refractivity contribution in [2.45, 2.75) is 18.9 Å². The van der Waals surface area contributed by atoms with Gasteiger partial charge in [0.25, 0.3) is 5.91 Å². The Balaban J connectivity index is 2.79. The molecule has 0 aliphatic heterocycles. The molecule has 21 heavy (non-hydrogen) atoms. The van der Waals surface area contributed by atoms with Crippen molar-refractivity contribution >= 4 is 23.5 Å². The number of aliphatic carboxylic acids is 1. The highest BCUT2D eigenvalue weighted by molar-refractivity contribution is 6.00. The van der Waals surface area contributed by atoms with Gasteiger partial charge in [0.15, 0.2) is 0 Å². The van der Waals surface area contributed by atoms with Crippen LogP contribution in [0.5, 0.6) is 0 Å². The van der Waals surface area contributed by atoms with Crippen molar-refractivity contribution in [3.8, 4) is 0 Å². The van der Waals surface area contributed by atoms with Crippen LogP contribution in [0.1, 0.15) is 23.2 Å². The molecular weight excluding hydrogens is 283 g/mol. The number of halogens is 1. The van der Waals surface area contributed by atoms with Gasteiger partial charge in [-0.3, -0.25) is 9.59 Å². The van der Waals surface area contributed by atoms with E-state index in [1.807, 2.05) is 0 Å². The number of nitrogens with two attached hydrogens (primary N) is 1. The number of amides is 1. The first-order valence-electron chi connectivity index (χ1n) is 6.00. The number of esters is 1. The number of nitrogens with one attached hydrogen (secondary N) is 1. The molecule has 0 fully saturated rings. The molecule has 0 aliphatic carbocycles. The molecule has 8 heteroatoms. The molecule has 0 heterocycles. The summed E-state index contributed by atoms with van der Waals surface area (Å²) in [7, 11) is 1.17. The van der Waals surface area contributed by atoms with E-state index in [0.717, 1.165) is 12.1 Å². The number of hydrogen-bond donors (Lipinski definition) is 3. The van der Waals surface area contributed by atoms with Crippen LogP contribution in [-0.4, -0.2) is 36.1 Å². The normalized spacial score (nSPS) is 11.5. The minimum Gasteiger partial charge on any atom is -0.480 e. The number of hydrogen-bond acceptors (Lipinski definition) is 5. The summed E-state index contributed by atoms with van der Waals surface area (Å²) in [5, 5.41) is 11.2. The first-order valence-corrected chi connectivity index (χ1v) is 6.00. The molecule has 0 spiro atoms. The van der Waals surface area contributed by atoms with Crippen molar-refractivity contribution in [1.82, 2.24) is 5.32 Å². The van der Waals surface area contributed by atoms with E-state index in [-0.39, 0.29) is 24.1 Å². The standard InChI is InChI=1S/C13H15FN2O5/c1-21-11(17)5-4-10(13(19)20)16-12(18)8-6-7(14)2-3-9(8)15/h2-3,6,10H,4-5,15H2,1H3,(H,16,18)(H,19,20)/t10-/m0/s1. The zero-order valence-electron chi connectivity index (χ0n) is 11.3. The summed E-state index contributed by atoms with van der Waals surface area (Å²) < 4.78 is 17.5. The highest BCUT2D eigenvalue weighted by atomic mass is 19.1. The van der Waals surface area contributed by atoms with Gasteiger partial charge in [-0.25, -0.2) is 9.18 Å². The van der Waals surface area contributed by atoms with Gasteiger partial charge in [0, 0.05) is 12.1 Å². The van der Waals surface area contributed by atoms with Crippen LogP contribution in [0.15, 0.2) is 18.2 Å². The molecule has 1 amide bonds. The number of methoxy groups -OCH3 is 1. The third-order valence-corrected chi connectivity index (χ3v) is 2.73. The van der Waals surface area contributed by atoms with Crippen LogP contribution in [0.3, 0.4) is 0 Å². The summed E-state index contributed by atoms with van der Waals surface area (Å²) in [6, 6.07) is 1.88. The smallest absolute Gasteiger partial charge is 0.326 e. The summed E-state index contributed by atoms with van der Waals surface area (Å²) in [6.07, 6.45) is -0.324. The molecule has 1 rings (SSSR count). The lowest BCUT2D eigenvalue weighted by atomic mass is 10.1. The average molecular weight is 298 g/mol. The van der Waals surface area contributed by atoms with E-state index in [4.69, 9.17) is 10.8 Å². The molecule has 114 valence electrons. The Bertz CT molecular complexity index is 561. The molecule has 4 N–H and O–H groups in total. The number of carbonyl (C=O) groups is 3. The lowest BCUT2D eigenvalue weighted by molar-refractivity contribution is -0.142. The van der Waals surface area contributed by atoms with Crippen molar-refractivity contribution in [3.05, 3.63) is 29.6 Å². The molecule has 0 radical (unpaired) electrons. The zero-order chi connectivity index (χ0) is 16.0. The fraction of sp³-hybridized carbons (Fsp3) is 0.308. The Morgan fingerprint density at radius 1 is 1.43 bits per heavy atom. The SMILES string of the molecule is COC(=O)CC[C@H](NC(=O)c1cc(F)ccc1N)C(=O)O. The summed E-state index contributed by atoms with van der Waals surface area (Å²) in [4.78, 5) is 34.0. The number of ether oxygens (including phenoxy) is 1. The van der Waals surface area contributed by atoms with Gasteiger partial charge in [0.05, 0.1) is 12.7 Å². The second-order valence-electron chi connectivity index (χ2n) is 4.21. The van der Waals surface area contributed by atoms with E-state index in [9.17, 15) is 18.8 Å². The monoisotopic (exact) mass is 298 g/mol. The van der Waals surface area contributed by atoms with Crippen LogP contribution in [0, 0.1) is 5.82 Å². The lowest BCUT2D eigenvalue weighted by Gasteiger charge is -2.14. The van der Waals surface area contributed by atoms with Crippen LogP contribution in [0.25, 0.3) is 0 Å². The number of carboxylic acid groups (broad SMARTS) is 1. The van der Waals surface area contributed by atoms with Gasteiger partial charge in [-0.05, 0) is 24.6 Å². The second kappa shape index (κ2) is 7.22. The predicted octanol–water partition coefficient (Wildman–Crippen LogP) is 0.544. The molecule has 7 nitrogen and oxygen atoms in total. The van der Waals surface area contributed by atoms with Crippen LogP contribution in [-0.2, 0) is 14.3 Å². The van der Waals surface area contributed by atoms with Crippen LogP contribution in [0.4, 0.5) is 10.1 Å². The predicted molar refractivity (Wildman–Crippen MR) is 71.0 cm³/mol. The van der Waals surface area contributed by atoms with Crippen LogP contribution >= 0.6 is 0 Å². The molecule has 1 aromatic rings. The summed E-state index contributed by atoms with van der Waals surface area (Å²) >= 11 is 0. The van der Waals surface area contributed by atoms with Gasteiger partial charge in [-0.15, -0.1) is 0 Å². The van der Waals surface area contributed by atoms with Gasteiger partial charge in [0.1, 0.15) is 11.9 Å². The first kappa shape index (κ1) is 16.4. The van der Waals surface area contributed by atoms with Crippen molar-refractivity contribution in [1.29, 1.82) is 0 Å². The Hall–Kier alpha value is -2.64. The van der Waals surface area contributed by atoms with Gasteiger partial charge in [-0.1, -0.05) is 0 Å². The lowest BCUT2D eigenvalue weighted by Crippen LogP contribution is -2.41. The first-order chi connectivity index (χ1) is 9.85. The van der Waals surface area contributed by atoms with Crippen LogP contribution in [0.2, 0.25) is 0 Å². The number of rotatable bonds is 6. The molecule has 0 aromatic heterocycles. The maximum Gasteiger partial charge on any atom is 0.326 e.